The molecule has 2 heterocycles. The Morgan fingerprint density at radius 1 is 1.28 bits per heavy atom. The van der Waals surface area contributed by atoms with Crippen molar-refractivity contribution < 1.29 is 0 Å². The van der Waals surface area contributed by atoms with E-state index in [2.05, 4.69) is 33.2 Å². The molecule has 0 bridgehead atoms. The Hall–Kier alpha value is -1.68. The molecule has 3 rings (SSSR count). The number of benzene rings is 1. The van der Waals surface area contributed by atoms with Crippen LogP contribution in [0.4, 0.5) is 0 Å². The van der Waals surface area contributed by atoms with Gasteiger partial charge in [0.25, 0.3) is 0 Å². The van der Waals surface area contributed by atoms with Crippen LogP contribution in [0.1, 0.15) is 11.1 Å². The van der Waals surface area contributed by atoms with Gasteiger partial charge in [0.05, 0.1) is 11.7 Å². The second-order valence-corrected chi connectivity index (χ2v) is 4.82. The van der Waals surface area contributed by atoms with Crippen LogP contribution in [0.25, 0.3) is 16.7 Å². The van der Waals surface area contributed by atoms with Crippen molar-refractivity contribution in [2.24, 2.45) is 0 Å². The average Bonchev–Trinajstić information content (AvgIpc) is 2.83. The Morgan fingerprint density at radius 3 is 2.83 bits per heavy atom. The molecular weight excluding hydrogens is 290 g/mol. The van der Waals surface area contributed by atoms with Crippen molar-refractivity contribution in [1.82, 2.24) is 14.8 Å². The van der Waals surface area contributed by atoms with E-state index in [1.807, 2.05) is 42.2 Å². The SMILES string of the molecule is Cc1cnn(-c2nc3ccccc3cc2CBr)c1. The number of para-hydroxylation sites is 1. The maximum absolute atomic E-state index is 4.70. The predicted molar refractivity (Wildman–Crippen MR) is 76.2 cm³/mol. The summed E-state index contributed by atoms with van der Waals surface area (Å²) in [5.41, 5.74) is 3.26. The van der Waals surface area contributed by atoms with Crippen LogP contribution in [-0.4, -0.2) is 14.8 Å². The maximum atomic E-state index is 4.70. The van der Waals surface area contributed by atoms with Crippen LogP contribution in [0.15, 0.2) is 42.7 Å². The van der Waals surface area contributed by atoms with Crippen LogP contribution in [0, 0.1) is 6.92 Å². The number of hydrogen-bond donors (Lipinski definition) is 0. The van der Waals surface area contributed by atoms with Crippen molar-refractivity contribution in [2.75, 3.05) is 0 Å². The van der Waals surface area contributed by atoms with E-state index in [-0.39, 0.29) is 0 Å². The first kappa shape index (κ1) is 11.4. The number of alkyl halides is 1. The number of hydrogen-bond acceptors (Lipinski definition) is 2. The molecule has 0 aliphatic heterocycles. The first-order chi connectivity index (χ1) is 8.78. The summed E-state index contributed by atoms with van der Waals surface area (Å²) in [5, 5.41) is 6.25. The van der Waals surface area contributed by atoms with E-state index in [4.69, 9.17) is 4.98 Å². The van der Waals surface area contributed by atoms with E-state index in [1.165, 1.54) is 0 Å². The van der Waals surface area contributed by atoms with Crippen LogP contribution < -0.4 is 0 Å². The van der Waals surface area contributed by atoms with Crippen molar-refractivity contribution in [3.8, 4) is 5.82 Å². The number of aromatic nitrogens is 3. The molecule has 0 aliphatic rings. The van der Waals surface area contributed by atoms with Crippen molar-refractivity contribution >= 4 is 26.8 Å². The zero-order valence-electron chi connectivity index (χ0n) is 9.97. The minimum absolute atomic E-state index is 0.763. The van der Waals surface area contributed by atoms with Crippen molar-refractivity contribution in [3.63, 3.8) is 0 Å². The van der Waals surface area contributed by atoms with Gasteiger partial charge in [0.2, 0.25) is 0 Å². The number of pyridine rings is 1. The molecule has 0 N–H and O–H groups in total. The van der Waals surface area contributed by atoms with E-state index in [0.29, 0.717) is 0 Å². The second-order valence-electron chi connectivity index (χ2n) is 4.26. The molecular formula is C14H12BrN3. The monoisotopic (exact) mass is 301 g/mol. The third-order valence-electron chi connectivity index (χ3n) is 2.85. The largest absolute Gasteiger partial charge is 0.228 e. The molecule has 1 aromatic carbocycles. The summed E-state index contributed by atoms with van der Waals surface area (Å²) in [6.07, 6.45) is 3.83. The highest BCUT2D eigenvalue weighted by molar-refractivity contribution is 9.08. The Kier molecular flexibility index (Phi) is 2.88. The smallest absolute Gasteiger partial charge is 0.158 e. The van der Waals surface area contributed by atoms with E-state index >= 15 is 0 Å². The molecule has 4 heteroatoms. The topological polar surface area (TPSA) is 30.7 Å². The molecule has 0 radical (unpaired) electrons. The lowest BCUT2D eigenvalue weighted by Gasteiger charge is -2.08. The van der Waals surface area contributed by atoms with E-state index in [0.717, 1.165) is 33.2 Å². The first-order valence-electron chi connectivity index (χ1n) is 5.74. The van der Waals surface area contributed by atoms with Gasteiger partial charge in [0.15, 0.2) is 5.82 Å². The lowest BCUT2D eigenvalue weighted by Crippen LogP contribution is -2.02. The van der Waals surface area contributed by atoms with E-state index < -0.39 is 0 Å². The summed E-state index contributed by atoms with van der Waals surface area (Å²) in [7, 11) is 0. The predicted octanol–water partition coefficient (Wildman–Crippen LogP) is 3.62. The fourth-order valence-corrected chi connectivity index (χ4v) is 2.39. The van der Waals surface area contributed by atoms with Crippen molar-refractivity contribution in [3.05, 3.63) is 53.9 Å². The van der Waals surface area contributed by atoms with Gasteiger partial charge >= 0.3 is 0 Å². The summed E-state index contributed by atoms with van der Waals surface area (Å²) in [6, 6.07) is 10.3. The summed E-state index contributed by atoms with van der Waals surface area (Å²) in [6.45, 7) is 2.03. The number of halogens is 1. The third-order valence-corrected chi connectivity index (χ3v) is 3.46. The fourth-order valence-electron chi connectivity index (χ4n) is 1.97. The summed E-state index contributed by atoms with van der Waals surface area (Å²) in [4.78, 5) is 4.70. The van der Waals surface area contributed by atoms with E-state index in [9.17, 15) is 0 Å². The molecule has 3 aromatic rings. The Labute approximate surface area is 114 Å². The Morgan fingerprint density at radius 2 is 2.11 bits per heavy atom. The maximum Gasteiger partial charge on any atom is 0.158 e. The summed E-state index contributed by atoms with van der Waals surface area (Å²) in [5.74, 6) is 0.888. The minimum Gasteiger partial charge on any atom is -0.228 e. The standard InChI is InChI=1S/C14H12BrN3/c1-10-8-16-18(9-10)14-12(7-15)6-11-4-2-3-5-13(11)17-14/h2-6,8-9H,7H2,1H3. The van der Waals surface area contributed by atoms with Crippen molar-refractivity contribution in [1.29, 1.82) is 0 Å². The van der Waals surface area contributed by atoms with Gasteiger partial charge < -0.3 is 0 Å². The third kappa shape index (κ3) is 1.93. The van der Waals surface area contributed by atoms with Gasteiger partial charge in [-0.1, -0.05) is 34.1 Å². The Bertz CT molecular complexity index is 703. The highest BCUT2D eigenvalue weighted by Gasteiger charge is 2.08. The van der Waals surface area contributed by atoms with E-state index in [1.54, 1.807) is 0 Å². The van der Waals surface area contributed by atoms with Crippen LogP contribution in [0.2, 0.25) is 0 Å². The van der Waals surface area contributed by atoms with Gasteiger partial charge in [-0.15, -0.1) is 0 Å². The minimum atomic E-state index is 0.763. The quantitative estimate of drug-likeness (QED) is 0.677. The molecule has 0 unspecified atom stereocenters. The van der Waals surface area contributed by atoms with Crippen LogP contribution in [-0.2, 0) is 5.33 Å². The molecule has 0 atom stereocenters. The van der Waals surface area contributed by atoms with Gasteiger partial charge in [-0.3, -0.25) is 0 Å². The lowest BCUT2D eigenvalue weighted by molar-refractivity contribution is 0.843. The molecule has 0 fully saturated rings. The summed E-state index contributed by atoms with van der Waals surface area (Å²) < 4.78 is 1.83. The molecule has 0 saturated heterocycles. The second kappa shape index (κ2) is 4.53. The lowest BCUT2D eigenvalue weighted by atomic mass is 10.1. The van der Waals surface area contributed by atoms with Gasteiger partial charge in [-0.05, 0) is 24.6 Å². The number of aryl methyl sites for hydroxylation is 1. The number of rotatable bonds is 2. The van der Waals surface area contributed by atoms with Crippen LogP contribution in [0.3, 0.4) is 0 Å². The highest BCUT2D eigenvalue weighted by atomic mass is 79.9. The summed E-state index contributed by atoms with van der Waals surface area (Å²) >= 11 is 3.52. The van der Waals surface area contributed by atoms with Gasteiger partial charge in [0.1, 0.15) is 0 Å². The number of fused-ring (bicyclic) bond motifs is 1. The fraction of sp³-hybridized carbons (Fsp3) is 0.143. The molecule has 90 valence electrons. The molecule has 0 saturated carbocycles. The zero-order chi connectivity index (χ0) is 12.5. The average molecular weight is 302 g/mol. The number of nitrogens with zero attached hydrogens (tertiary/aromatic N) is 3. The van der Waals surface area contributed by atoms with Gasteiger partial charge in [-0.2, -0.15) is 5.10 Å². The normalized spacial score (nSPS) is 11.0. The first-order valence-corrected chi connectivity index (χ1v) is 6.86. The molecule has 0 spiro atoms. The molecule has 0 amide bonds. The van der Waals surface area contributed by atoms with Crippen LogP contribution in [0.5, 0.6) is 0 Å². The highest BCUT2D eigenvalue weighted by Crippen LogP contribution is 2.21. The van der Waals surface area contributed by atoms with Crippen LogP contribution >= 0.6 is 15.9 Å². The zero-order valence-corrected chi connectivity index (χ0v) is 11.6. The molecule has 18 heavy (non-hydrogen) atoms. The van der Waals surface area contributed by atoms with Gasteiger partial charge in [-0.25, -0.2) is 9.67 Å². The van der Waals surface area contributed by atoms with Crippen molar-refractivity contribution in [2.45, 2.75) is 12.3 Å². The Balaban J connectivity index is 2.26. The molecule has 0 aliphatic carbocycles. The molecule has 3 nitrogen and oxygen atoms in total. The molecule has 2 aromatic heterocycles. The van der Waals surface area contributed by atoms with Gasteiger partial charge in [0, 0.05) is 22.5 Å².